The molecule has 0 atom stereocenters. The fraction of sp³-hybridized carbons (Fsp3) is 0.385. The molecule has 3 rings (SSSR count). The van der Waals surface area contributed by atoms with Gasteiger partial charge in [0.25, 0.3) is 11.8 Å². The monoisotopic (exact) mass is 306 g/mol. The molecule has 22 heavy (non-hydrogen) atoms. The van der Waals surface area contributed by atoms with Gasteiger partial charge in [-0.15, -0.1) is 5.01 Å². The zero-order chi connectivity index (χ0) is 15.7. The number of carbonyl (C=O) groups excluding carboxylic acids is 2. The molecular weight excluding hydrogens is 292 g/mol. The Labute approximate surface area is 125 Å². The fourth-order valence-electron chi connectivity index (χ4n) is 2.34. The molecule has 9 nitrogen and oxygen atoms in total. The van der Waals surface area contributed by atoms with E-state index in [9.17, 15) is 14.8 Å². The van der Waals surface area contributed by atoms with Crippen LogP contribution in [0, 0.1) is 11.1 Å². The first-order valence-corrected chi connectivity index (χ1v) is 6.73. The van der Waals surface area contributed by atoms with Crippen LogP contribution < -0.4 is 0 Å². The van der Waals surface area contributed by atoms with Gasteiger partial charge in [-0.25, -0.2) is 4.90 Å². The van der Waals surface area contributed by atoms with Gasteiger partial charge in [0.05, 0.1) is 29.2 Å². The molecule has 9 heteroatoms. The van der Waals surface area contributed by atoms with E-state index in [4.69, 9.17) is 9.94 Å². The number of hydrogen-bond acceptors (Lipinski definition) is 6. The second-order valence-electron chi connectivity index (χ2n) is 5.10. The first-order valence-electron chi connectivity index (χ1n) is 6.73. The minimum atomic E-state index is -0.474. The van der Waals surface area contributed by atoms with E-state index in [1.54, 1.807) is 24.3 Å². The third-order valence-electron chi connectivity index (χ3n) is 3.63. The molecule has 0 saturated carbocycles. The molecule has 1 aromatic carbocycles. The molecule has 0 aliphatic carbocycles. The summed E-state index contributed by atoms with van der Waals surface area (Å²) in [5.74, 6) is -0.891. The lowest BCUT2D eigenvalue weighted by molar-refractivity contribution is -0.727. The van der Waals surface area contributed by atoms with Crippen molar-refractivity contribution in [2.24, 2.45) is 11.2 Å². The lowest BCUT2D eigenvalue weighted by Gasteiger charge is -2.32. The Hall–Kier alpha value is -2.68. The van der Waals surface area contributed by atoms with E-state index in [2.05, 4.69) is 5.28 Å². The molecule has 0 aromatic heterocycles. The Bertz CT molecular complexity index is 606. The van der Waals surface area contributed by atoms with Crippen LogP contribution in [0.2, 0.25) is 0 Å². The number of hydrogen-bond donors (Lipinski definition) is 1. The topological polar surface area (TPSA) is 109 Å². The molecule has 1 saturated heterocycles. The molecule has 0 bridgehead atoms. The second-order valence-corrected chi connectivity index (χ2v) is 5.10. The Kier molecular flexibility index (Phi) is 3.63. The van der Waals surface area contributed by atoms with Crippen molar-refractivity contribution in [2.45, 2.75) is 0 Å². The molecule has 1 fully saturated rings. The van der Waals surface area contributed by atoms with Gasteiger partial charge in [0.1, 0.15) is 0 Å². The standard InChI is InChI=1S/C13H14N4O5/c18-7-9-5-15(6-9)17(21)14-22-8-16-12(19)10-3-1-2-4-11(10)13(16)20/h1-4,9,18H,5-8H2/b17-14+. The van der Waals surface area contributed by atoms with Crippen LogP contribution in [0.5, 0.6) is 0 Å². The third kappa shape index (κ3) is 2.35. The number of benzene rings is 1. The quantitative estimate of drug-likeness (QED) is 0.354. The Morgan fingerprint density at radius 2 is 1.86 bits per heavy atom. The van der Waals surface area contributed by atoms with Crippen LogP contribution in [-0.4, -0.2) is 58.2 Å². The van der Waals surface area contributed by atoms with Gasteiger partial charge >= 0.3 is 0 Å². The Balaban J connectivity index is 1.57. The average Bonchev–Trinajstić information content (AvgIpc) is 2.72. The Morgan fingerprint density at radius 1 is 1.27 bits per heavy atom. The van der Waals surface area contributed by atoms with Crippen LogP contribution in [0.3, 0.4) is 0 Å². The summed E-state index contributed by atoms with van der Waals surface area (Å²) in [6.45, 7) is 0.363. The van der Waals surface area contributed by atoms with Crippen molar-refractivity contribution < 1.29 is 24.5 Å². The summed E-state index contributed by atoms with van der Waals surface area (Å²) in [5, 5.41) is 25.0. The van der Waals surface area contributed by atoms with E-state index in [1.165, 1.54) is 5.01 Å². The molecule has 0 spiro atoms. The normalized spacial score (nSPS) is 18.5. The first-order chi connectivity index (χ1) is 10.6. The summed E-state index contributed by atoms with van der Waals surface area (Å²) in [5.41, 5.74) is 0.618. The van der Waals surface area contributed by atoms with Crippen molar-refractivity contribution in [1.29, 1.82) is 0 Å². The molecule has 1 aromatic rings. The zero-order valence-electron chi connectivity index (χ0n) is 11.6. The lowest BCUT2D eigenvalue weighted by atomic mass is 10.0. The van der Waals surface area contributed by atoms with E-state index in [1.807, 2.05) is 0 Å². The summed E-state index contributed by atoms with van der Waals surface area (Å²) in [6, 6.07) is 6.45. The molecule has 2 amide bonds. The van der Waals surface area contributed by atoms with E-state index in [0.717, 1.165) is 4.90 Å². The van der Waals surface area contributed by atoms with Crippen LogP contribution in [0.25, 0.3) is 0 Å². The number of aliphatic hydroxyl groups is 1. The van der Waals surface area contributed by atoms with Crippen LogP contribution in [0.4, 0.5) is 0 Å². The van der Waals surface area contributed by atoms with Gasteiger partial charge in [-0.2, -0.15) is 0 Å². The minimum Gasteiger partial charge on any atom is -0.569 e. The van der Waals surface area contributed by atoms with Crippen LogP contribution in [0.15, 0.2) is 29.5 Å². The van der Waals surface area contributed by atoms with E-state index >= 15 is 0 Å². The van der Waals surface area contributed by atoms with Gasteiger partial charge in [-0.05, 0) is 12.1 Å². The number of fused-ring (bicyclic) bond motifs is 1. The number of hydrazine groups is 1. The average molecular weight is 306 g/mol. The van der Waals surface area contributed by atoms with E-state index in [-0.39, 0.29) is 17.5 Å². The van der Waals surface area contributed by atoms with Gasteiger partial charge in [0.15, 0.2) is 0 Å². The van der Waals surface area contributed by atoms with Gasteiger partial charge in [-0.3, -0.25) is 9.59 Å². The van der Waals surface area contributed by atoms with Gasteiger partial charge in [0.2, 0.25) is 12.0 Å². The predicted molar refractivity (Wildman–Crippen MR) is 71.1 cm³/mol. The molecular formula is C13H14N4O5. The lowest BCUT2D eigenvalue weighted by Crippen LogP contribution is -2.51. The molecule has 1 N–H and O–H groups in total. The van der Waals surface area contributed by atoms with Crippen LogP contribution >= 0.6 is 0 Å². The minimum absolute atomic E-state index is 0.0141. The molecule has 2 aliphatic heterocycles. The maximum absolute atomic E-state index is 12.0. The number of aliphatic hydroxyl groups excluding tert-OH is 1. The molecule has 2 aliphatic rings. The predicted octanol–water partition coefficient (Wildman–Crippen LogP) is -0.0267. The van der Waals surface area contributed by atoms with Gasteiger partial charge < -0.3 is 15.2 Å². The SMILES string of the molecule is O=C1c2ccccc2C(=O)N1CO/N=[N+](/[O-])N1CC(CO)C1. The Morgan fingerprint density at radius 3 is 2.41 bits per heavy atom. The van der Waals surface area contributed by atoms with Crippen molar-refractivity contribution in [1.82, 2.24) is 9.91 Å². The summed E-state index contributed by atoms with van der Waals surface area (Å²) >= 11 is 0. The van der Waals surface area contributed by atoms with Crippen molar-refractivity contribution in [2.75, 3.05) is 26.4 Å². The highest BCUT2D eigenvalue weighted by molar-refractivity contribution is 6.21. The second kappa shape index (κ2) is 5.60. The highest BCUT2D eigenvalue weighted by Crippen LogP contribution is 2.22. The molecule has 0 unspecified atom stereocenters. The van der Waals surface area contributed by atoms with Crippen LogP contribution in [-0.2, 0) is 4.84 Å². The van der Waals surface area contributed by atoms with Crippen molar-refractivity contribution in [3.63, 3.8) is 0 Å². The smallest absolute Gasteiger partial charge is 0.264 e. The van der Waals surface area contributed by atoms with Crippen molar-refractivity contribution >= 4 is 11.8 Å². The van der Waals surface area contributed by atoms with Crippen LogP contribution in [0.1, 0.15) is 20.7 Å². The first kappa shape index (κ1) is 14.3. The van der Waals surface area contributed by atoms with Gasteiger partial charge in [-0.1, -0.05) is 12.1 Å². The molecule has 116 valence electrons. The van der Waals surface area contributed by atoms with E-state index < -0.39 is 18.5 Å². The maximum Gasteiger partial charge on any atom is 0.264 e. The number of rotatable bonds is 5. The van der Waals surface area contributed by atoms with Crippen molar-refractivity contribution in [3.8, 4) is 0 Å². The van der Waals surface area contributed by atoms with Crippen molar-refractivity contribution in [3.05, 3.63) is 40.6 Å². The fourth-order valence-corrected chi connectivity index (χ4v) is 2.34. The molecule has 0 radical (unpaired) electrons. The molecule has 2 heterocycles. The summed E-state index contributed by atoms with van der Waals surface area (Å²) in [6.07, 6.45) is 0. The summed E-state index contributed by atoms with van der Waals surface area (Å²) in [4.78, 5) is 30.0. The highest BCUT2D eigenvalue weighted by Gasteiger charge is 2.36. The number of imide groups is 1. The largest absolute Gasteiger partial charge is 0.569 e. The number of carbonyl (C=O) groups is 2. The maximum atomic E-state index is 12.0. The number of amides is 2. The van der Waals surface area contributed by atoms with Gasteiger partial charge in [0, 0.05) is 12.5 Å². The number of nitrogens with zero attached hydrogens (tertiary/aromatic N) is 4. The highest BCUT2D eigenvalue weighted by atomic mass is 16.7. The summed E-state index contributed by atoms with van der Waals surface area (Å²) in [7, 11) is 0. The van der Waals surface area contributed by atoms with E-state index in [0.29, 0.717) is 24.2 Å². The summed E-state index contributed by atoms with van der Waals surface area (Å²) < 4.78 is 0. The zero-order valence-corrected chi connectivity index (χ0v) is 11.6. The third-order valence-corrected chi connectivity index (χ3v) is 3.63.